The zero-order chi connectivity index (χ0) is 24.0. The molecule has 1 N–H and O–H groups in total. The second-order valence-electron chi connectivity index (χ2n) is 6.73. The van der Waals surface area contributed by atoms with Crippen LogP contribution in [0.25, 0.3) is 6.08 Å². The van der Waals surface area contributed by atoms with E-state index in [0.29, 0.717) is 39.4 Å². The maximum atomic E-state index is 12.7. The van der Waals surface area contributed by atoms with Crippen LogP contribution in [0.5, 0.6) is 11.5 Å². The maximum Gasteiger partial charge on any atom is 0.343 e. The monoisotopic (exact) mass is 470 g/mol. The summed E-state index contributed by atoms with van der Waals surface area (Å²) in [4.78, 5) is 41.5. The first-order chi connectivity index (χ1) is 15.8. The number of carboxylic acid groups (broad SMARTS) is 1. The number of rotatable bonds is 8. The van der Waals surface area contributed by atoms with E-state index >= 15 is 0 Å². The quantitative estimate of drug-likeness (QED) is 0.460. The first-order valence-corrected chi connectivity index (χ1v) is 10.7. The van der Waals surface area contributed by atoms with Crippen molar-refractivity contribution < 1.29 is 33.7 Å². The van der Waals surface area contributed by atoms with Gasteiger partial charge >= 0.3 is 11.9 Å². The lowest BCUT2D eigenvalue weighted by molar-refractivity contribution is -0.142. The standard InChI is InChI=1S/C23H22N2O7S/c1-4-31-18-10-14(8-9-17(18)32-13-20(26)30-3)11-19-21(27)25(2)23(33-19)24-16-7-5-6-15(12-16)22(28)29/h5-12H,4,13H2,1-3H3,(H,28,29)/b19-11-,24-23?. The number of esters is 1. The highest BCUT2D eigenvalue weighted by Gasteiger charge is 2.30. The molecule has 2 aromatic carbocycles. The number of hydrogen-bond acceptors (Lipinski definition) is 8. The van der Waals surface area contributed by atoms with Gasteiger partial charge in [0.15, 0.2) is 23.3 Å². The molecule has 1 saturated heterocycles. The lowest BCUT2D eigenvalue weighted by Gasteiger charge is -2.12. The topological polar surface area (TPSA) is 115 Å². The molecule has 0 saturated carbocycles. The van der Waals surface area contributed by atoms with Crippen LogP contribution in [0.3, 0.4) is 0 Å². The van der Waals surface area contributed by atoms with E-state index in [2.05, 4.69) is 9.73 Å². The second-order valence-corrected chi connectivity index (χ2v) is 7.74. The largest absolute Gasteiger partial charge is 0.490 e. The number of ether oxygens (including phenoxy) is 3. The molecule has 3 rings (SSSR count). The molecule has 0 aromatic heterocycles. The van der Waals surface area contributed by atoms with Crippen molar-refractivity contribution in [2.75, 3.05) is 27.4 Å². The number of benzene rings is 2. The Labute approximate surface area is 194 Å². The van der Waals surface area contributed by atoms with Crippen LogP contribution in [0.15, 0.2) is 52.4 Å². The third kappa shape index (κ3) is 5.92. The lowest BCUT2D eigenvalue weighted by Crippen LogP contribution is -2.23. The van der Waals surface area contributed by atoms with E-state index in [4.69, 9.17) is 14.6 Å². The Hall–Kier alpha value is -3.79. The van der Waals surface area contributed by atoms with Crippen molar-refractivity contribution in [2.24, 2.45) is 4.99 Å². The molecule has 0 bridgehead atoms. The number of carbonyl (C=O) groups is 3. The van der Waals surface area contributed by atoms with E-state index in [9.17, 15) is 14.4 Å². The van der Waals surface area contributed by atoms with Crippen molar-refractivity contribution in [3.63, 3.8) is 0 Å². The van der Waals surface area contributed by atoms with Crippen molar-refractivity contribution in [2.45, 2.75) is 6.92 Å². The van der Waals surface area contributed by atoms with Gasteiger partial charge in [0, 0.05) is 7.05 Å². The maximum absolute atomic E-state index is 12.7. The Morgan fingerprint density at radius 1 is 1.15 bits per heavy atom. The van der Waals surface area contributed by atoms with Crippen LogP contribution in [0.1, 0.15) is 22.8 Å². The molecule has 0 aliphatic carbocycles. The van der Waals surface area contributed by atoms with Crippen LogP contribution in [0.4, 0.5) is 5.69 Å². The van der Waals surface area contributed by atoms with Gasteiger partial charge in [-0.1, -0.05) is 12.1 Å². The molecule has 1 heterocycles. The van der Waals surface area contributed by atoms with Gasteiger partial charge in [-0.25, -0.2) is 14.6 Å². The summed E-state index contributed by atoms with van der Waals surface area (Å²) in [5, 5.41) is 9.58. The van der Waals surface area contributed by atoms with Gasteiger partial charge < -0.3 is 19.3 Å². The van der Waals surface area contributed by atoms with Gasteiger partial charge in [-0.05, 0) is 60.7 Å². The number of aliphatic imine (C=N–C) groups is 1. The summed E-state index contributed by atoms with van der Waals surface area (Å²) in [6.45, 7) is 1.96. The van der Waals surface area contributed by atoms with Gasteiger partial charge in [0.1, 0.15) is 0 Å². The van der Waals surface area contributed by atoms with Crippen molar-refractivity contribution in [1.82, 2.24) is 4.90 Å². The van der Waals surface area contributed by atoms with Gasteiger partial charge in [-0.3, -0.25) is 9.69 Å². The summed E-state index contributed by atoms with van der Waals surface area (Å²) < 4.78 is 15.6. The van der Waals surface area contributed by atoms with Gasteiger partial charge in [0.05, 0.1) is 29.9 Å². The van der Waals surface area contributed by atoms with E-state index in [1.807, 2.05) is 6.92 Å². The van der Waals surface area contributed by atoms with E-state index in [-0.39, 0.29) is 18.1 Å². The Balaban J connectivity index is 1.85. The van der Waals surface area contributed by atoms with Crippen LogP contribution in [-0.2, 0) is 14.3 Å². The van der Waals surface area contributed by atoms with Crippen molar-refractivity contribution >= 4 is 46.5 Å². The molecular formula is C23H22N2O7S. The first kappa shape index (κ1) is 23.9. The van der Waals surface area contributed by atoms with Gasteiger partial charge in [-0.15, -0.1) is 0 Å². The van der Waals surface area contributed by atoms with Crippen LogP contribution in [-0.4, -0.2) is 60.4 Å². The zero-order valence-corrected chi connectivity index (χ0v) is 19.0. The predicted molar refractivity (Wildman–Crippen MR) is 124 cm³/mol. The number of carbonyl (C=O) groups excluding carboxylic acids is 2. The second kappa shape index (κ2) is 10.7. The minimum Gasteiger partial charge on any atom is -0.490 e. The minimum atomic E-state index is -1.05. The number of carboxylic acids is 1. The van der Waals surface area contributed by atoms with Crippen LogP contribution in [0, 0.1) is 0 Å². The van der Waals surface area contributed by atoms with E-state index in [1.165, 1.54) is 35.9 Å². The SMILES string of the molecule is CCOc1cc(/C=C2\SC(=Nc3cccc(C(=O)O)c3)N(C)C2=O)ccc1OCC(=O)OC. The van der Waals surface area contributed by atoms with Gasteiger partial charge in [0.25, 0.3) is 5.91 Å². The average molecular weight is 471 g/mol. The summed E-state index contributed by atoms with van der Waals surface area (Å²) in [7, 11) is 2.88. The van der Waals surface area contributed by atoms with Gasteiger partial charge in [-0.2, -0.15) is 0 Å². The van der Waals surface area contributed by atoms with Crippen LogP contribution in [0.2, 0.25) is 0 Å². The summed E-state index contributed by atoms with van der Waals surface area (Å²) in [5.74, 6) is -0.992. The average Bonchev–Trinajstić information content (AvgIpc) is 3.06. The molecule has 1 aliphatic heterocycles. The van der Waals surface area contributed by atoms with Crippen molar-refractivity contribution in [1.29, 1.82) is 0 Å². The number of hydrogen-bond donors (Lipinski definition) is 1. The fourth-order valence-electron chi connectivity index (χ4n) is 2.82. The third-order valence-electron chi connectivity index (χ3n) is 4.46. The molecule has 10 heteroatoms. The molecule has 9 nitrogen and oxygen atoms in total. The molecule has 172 valence electrons. The number of nitrogens with zero attached hydrogens (tertiary/aromatic N) is 2. The number of amidine groups is 1. The van der Waals surface area contributed by atoms with Crippen molar-refractivity contribution in [3.05, 3.63) is 58.5 Å². The molecule has 1 fully saturated rings. The van der Waals surface area contributed by atoms with Crippen LogP contribution < -0.4 is 9.47 Å². The third-order valence-corrected chi connectivity index (χ3v) is 5.52. The Morgan fingerprint density at radius 3 is 2.64 bits per heavy atom. The highest BCUT2D eigenvalue weighted by Crippen LogP contribution is 2.35. The first-order valence-electron chi connectivity index (χ1n) is 9.88. The molecule has 0 atom stereocenters. The van der Waals surface area contributed by atoms with Crippen LogP contribution >= 0.6 is 11.8 Å². The molecule has 0 radical (unpaired) electrons. The van der Waals surface area contributed by atoms with E-state index in [1.54, 1.807) is 43.5 Å². The molecule has 1 amide bonds. The molecule has 2 aromatic rings. The fourth-order valence-corrected chi connectivity index (χ4v) is 3.81. The minimum absolute atomic E-state index is 0.113. The van der Waals surface area contributed by atoms with E-state index in [0.717, 1.165) is 0 Å². The smallest absolute Gasteiger partial charge is 0.343 e. The predicted octanol–water partition coefficient (Wildman–Crippen LogP) is 3.57. The molecule has 33 heavy (non-hydrogen) atoms. The lowest BCUT2D eigenvalue weighted by atomic mass is 10.2. The highest BCUT2D eigenvalue weighted by molar-refractivity contribution is 8.18. The summed E-state index contributed by atoms with van der Waals surface area (Å²) in [6, 6.07) is 11.3. The van der Waals surface area contributed by atoms with Gasteiger partial charge in [0.2, 0.25) is 0 Å². The molecule has 0 unspecified atom stereocenters. The number of amides is 1. The number of likely N-dealkylation sites (N-methyl/N-ethyl adjacent to an activating group) is 1. The normalized spacial score (nSPS) is 15.7. The molecule has 1 aliphatic rings. The summed E-state index contributed by atoms with van der Waals surface area (Å²) in [6.07, 6.45) is 1.70. The molecule has 0 spiro atoms. The number of methoxy groups -OCH3 is 1. The summed E-state index contributed by atoms with van der Waals surface area (Å²) in [5.41, 5.74) is 1.24. The summed E-state index contributed by atoms with van der Waals surface area (Å²) >= 11 is 1.18. The fraction of sp³-hybridized carbons (Fsp3) is 0.217. The van der Waals surface area contributed by atoms with E-state index < -0.39 is 11.9 Å². The molecular weight excluding hydrogens is 448 g/mol. The number of thioether (sulfide) groups is 1. The highest BCUT2D eigenvalue weighted by atomic mass is 32.2. The number of aromatic carboxylic acids is 1. The Kier molecular flexibility index (Phi) is 7.73. The van der Waals surface area contributed by atoms with Crippen molar-refractivity contribution in [3.8, 4) is 11.5 Å². The zero-order valence-electron chi connectivity index (χ0n) is 18.2. The Bertz CT molecular complexity index is 1140. The Morgan fingerprint density at radius 2 is 1.94 bits per heavy atom.